The molecule has 1 saturated heterocycles. The number of amides is 1. The zero-order chi connectivity index (χ0) is 24.2. The molecule has 1 N–H and O–H groups in total. The highest BCUT2D eigenvalue weighted by Gasteiger charge is 2.51. The summed E-state index contributed by atoms with van der Waals surface area (Å²) in [6, 6.07) is 6.79. The van der Waals surface area contributed by atoms with Gasteiger partial charge in [0.05, 0.1) is 32.2 Å². The van der Waals surface area contributed by atoms with Crippen molar-refractivity contribution in [2.75, 3.05) is 20.3 Å². The van der Waals surface area contributed by atoms with Gasteiger partial charge in [-0.05, 0) is 43.9 Å². The van der Waals surface area contributed by atoms with Crippen LogP contribution in [0, 0.1) is 5.41 Å². The number of hydrogen-bond donors (Lipinski definition) is 1. The van der Waals surface area contributed by atoms with Gasteiger partial charge < -0.3 is 24.3 Å². The van der Waals surface area contributed by atoms with Gasteiger partial charge in [0.15, 0.2) is 0 Å². The first-order valence-electron chi connectivity index (χ1n) is 11.6. The minimum Gasteiger partial charge on any atom is -0.496 e. The Morgan fingerprint density at radius 3 is 2.66 bits per heavy atom. The van der Waals surface area contributed by atoms with Crippen LogP contribution in [0.3, 0.4) is 0 Å². The van der Waals surface area contributed by atoms with Gasteiger partial charge in [-0.3, -0.25) is 9.20 Å². The normalized spacial score (nSPS) is 18.9. The maximum Gasteiger partial charge on any atom is 0.387 e. The summed E-state index contributed by atoms with van der Waals surface area (Å²) >= 11 is 0. The number of pyridine rings is 1. The third-order valence-electron chi connectivity index (χ3n) is 6.86. The number of ether oxygens (including phenoxy) is 4. The van der Waals surface area contributed by atoms with Gasteiger partial charge in [0.1, 0.15) is 34.6 Å². The molecule has 2 saturated carbocycles. The molecule has 8 nitrogen and oxygen atoms in total. The lowest BCUT2D eigenvalue weighted by molar-refractivity contribution is -0.191. The van der Waals surface area contributed by atoms with E-state index in [1.54, 1.807) is 12.3 Å². The average Bonchev–Trinajstić information content (AvgIpc) is 3.48. The second-order valence-corrected chi connectivity index (χ2v) is 9.55. The van der Waals surface area contributed by atoms with Crippen molar-refractivity contribution in [1.82, 2.24) is 14.7 Å². The smallest absolute Gasteiger partial charge is 0.387 e. The Kier molecular flexibility index (Phi) is 5.28. The summed E-state index contributed by atoms with van der Waals surface area (Å²) in [4.78, 5) is 17.2. The maximum atomic E-state index is 13.2. The Morgan fingerprint density at radius 2 is 2.00 bits per heavy atom. The highest BCUT2D eigenvalue weighted by molar-refractivity contribution is 6.01. The first kappa shape index (κ1) is 22.1. The van der Waals surface area contributed by atoms with Crippen LogP contribution in [0.4, 0.5) is 8.78 Å². The fourth-order valence-corrected chi connectivity index (χ4v) is 4.85. The Hall–Kier alpha value is -3.40. The molecule has 1 aromatic carbocycles. The molecule has 0 radical (unpaired) electrons. The molecule has 1 aliphatic heterocycles. The molecule has 6 rings (SSSR count). The van der Waals surface area contributed by atoms with E-state index in [0.717, 1.165) is 44.6 Å². The zero-order valence-corrected chi connectivity index (χ0v) is 19.1. The van der Waals surface area contributed by atoms with Crippen molar-refractivity contribution < 1.29 is 32.5 Å². The number of carbonyl (C=O) groups excluding carboxylic acids is 1. The van der Waals surface area contributed by atoms with Crippen LogP contribution in [0.25, 0.3) is 16.9 Å². The fourth-order valence-electron chi connectivity index (χ4n) is 4.85. The van der Waals surface area contributed by atoms with E-state index in [1.165, 1.54) is 13.2 Å². The van der Waals surface area contributed by atoms with Crippen molar-refractivity contribution in [1.29, 1.82) is 0 Å². The van der Waals surface area contributed by atoms with E-state index in [-0.39, 0.29) is 29.2 Å². The molecule has 2 aromatic heterocycles. The van der Waals surface area contributed by atoms with Crippen LogP contribution in [-0.2, 0) is 4.74 Å². The summed E-state index contributed by atoms with van der Waals surface area (Å²) in [5.74, 6) is 0.116. The quantitative estimate of drug-likeness (QED) is 0.518. The van der Waals surface area contributed by atoms with E-state index < -0.39 is 12.5 Å². The summed E-state index contributed by atoms with van der Waals surface area (Å²) in [6.45, 7) is -1.46. The van der Waals surface area contributed by atoms with Crippen LogP contribution in [0.2, 0.25) is 0 Å². The number of carbonyl (C=O) groups is 1. The van der Waals surface area contributed by atoms with Gasteiger partial charge in [-0.15, -0.1) is 0 Å². The van der Waals surface area contributed by atoms with E-state index in [4.69, 9.17) is 18.9 Å². The lowest BCUT2D eigenvalue weighted by Crippen LogP contribution is -2.56. The number of halogens is 2. The molecule has 3 aliphatic rings. The van der Waals surface area contributed by atoms with E-state index in [1.807, 2.05) is 22.7 Å². The van der Waals surface area contributed by atoms with Gasteiger partial charge in [0.25, 0.3) is 5.91 Å². The molecular weight excluding hydrogens is 460 g/mol. The molecule has 10 heteroatoms. The molecule has 0 bridgehead atoms. The first-order chi connectivity index (χ1) is 16.9. The number of methoxy groups -OCH3 is 1. The Bertz CT molecular complexity index is 1280. The van der Waals surface area contributed by atoms with Crippen LogP contribution < -0.4 is 19.5 Å². The molecule has 0 atom stereocenters. The monoisotopic (exact) mass is 485 g/mol. The second-order valence-electron chi connectivity index (χ2n) is 9.55. The number of fused-ring (bicyclic) bond motifs is 1. The third kappa shape index (κ3) is 4.16. The van der Waals surface area contributed by atoms with Crippen LogP contribution in [-0.4, -0.2) is 54.4 Å². The Labute approximate surface area is 200 Å². The molecule has 0 unspecified atom stereocenters. The highest BCUT2D eigenvalue weighted by Crippen LogP contribution is 2.48. The van der Waals surface area contributed by atoms with Crippen molar-refractivity contribution >= 4 is 11.6 Å². The molecule has 1 amide bonds. The molecular formula is C25H25F2N3O5. The van der Waals surface area contributed by atoms with Crippen molar-refractivity contribution in [3.8, 4) is 28.5 Å². The SMILES string of the molecule is COc1cc(-c2cnc3cc(OC4CC5(COC5)C4)ccn23)cc(OC(F)F)c1C(=O)NC1CC1. The summed E-state index contributed by atoms with van der Waals surface area (Å²) in [6.07, 6.45) is 7.33. The molecule has 1 spiro atoms. The topological polar surface area (TPSA) is 83.3 Å². The van der Waals surface area contributed by atoms with Crippen LogP contribution in [0.1, 0.15) is 36.0 Å². The zero-order valence-electron chi connectivity index (χ0n) is 19.1. The van der Waals surface area contributed by atoms with Crippen molar-refractivity contribution in [2.45, 2.75) is 44.4 Å². The van der Waals surface area contributed by atoms with Gasteiger partial charge >= 0.3 is 6.61 Å². The van der Waals surface area contributed by atoms with Gasteiger partial charge in [-0.25, -0.2) is 4.98 Å². The summed E-state index contributed by atoms with van der Waals surface area (Å²) in [7, 11) is 1.39. The number of rotatable bonds is 8. The van der Waals surface area contributed by atoms with Gasteiger partial charge in [-0.1, -0.05) is 0 Å². The molecule has 3 heterocycles. The molecule has 184 valence electrons. The van der Waals surface area contributed by atoms with E-state index in [0.29, 0.717) is 22.3 Å². The van der Waals surface area contributed by atoms with Gasteiger partial charge in [0.2, 0.25) is 0 Å². The first-order valence-corrected chi connectivity index (χ1v) is 11.6. The predicted molar refractivity (Wildman–Crippen MR) is 121 cm³/mol. The molecule has 2 aliphatic carbocycles. The maximum absolute atomic E-state index is 13.2. The number of benzene rings is 1. The number of imidazole rings is 1. The van der Waals surface area contributed by atoms with E-state index in [2.05, 4.69) is 10.3 Å². The van der Waals surface area contributed by atoms with Crippen molar-refractivity contribution in [2.24, 2.45) is 5.41 Å². The van der Waals surface area contributed by atoms with Gasteiger partial charge in [0, 0.05) is 29.3 Å². The van der Waals surface area contributed by atoms with Crippen LogP contribution >= 0.6 is 0 Å². The molecule has 3 aromatic rings. The minimum absolute atomic E-state index is 0.0500. The third-order valence-corrected chi connectivity index (χ3v) is 6.86. The van der Waals surface area contributed by atoms with Crippen molar-refractivity contribution in [3.63, 3.8) is 0 Å². The summed E-state index contributed by atoms with van der Waals surface area (Å²) < 4.78 is 49.8. The van der Waals surface area contributed by atoms with E-state index >= 15 is 0 Å². The Morgan fingerprint density at radius 1 is 1.23 bits per heavy atom. The lowest BCUT2D eigenvalue weighted by Gasteiger charge is -2.52. The van der Waals surface area contributed by atoms with Crippen LogP contribution in [0.15, 0.2) is 36.7 Å². The second kappa shape index (κ2) is 8.37. The fraction of sp³-hybridized carbons (Fsp3) is 0.440. The lowest BCUT2D eigenvalue weighted by atomic mass is 9.65. The average molecular weight is 485 g/mol. The number of aromatic nitrogens is 2. The van der Waals surface area contributed by atoms with Gasteiger partial charge in [-0.2, -0.15) is 8.78 Å². The minimum atomic E-state index is -3.10. The predicted octanol–water partition coefficient (Wildman–Crippen LogP) is 4.06. The van der Waals surface area contributed by atoms with Crippen LogP contribution in [0.5, 0.6) is 17.2 Å². The highest BCUT2D eigenvalue weighted by atomic mass is 19.3. The van der Waals surface area contributed by atoms with E-state index in [9.17, 15) is 13.6 Å². The number of hydrogen-bond acceptors (Lipinski definition) is 6. The standard InChI is InChI=1S/C25H25F2N3O5/c1-32-19-6-14(7-20(35-24(26)27)22(19)23(31)29-15-2-3-15)18-11-28-21-8-16(4-5-30(18)21)34-17-9-25(10-17)12-33-13-25/h4-8,11,15,17,24H,2-3,9-10,12-13H2,1H3,(H,29,31). The largest absolute Gasteiger partial charge is 0.496 e. The molecule has 35 heavy (non-hydrogen) atoms. The van der Waals surface area contributed by atoms with Crippen molar-refractivity contribution in [3.05, 3.63) is 42.2 Å². The summed E-state index contributed by atoms with van der Waals surface area (Å²) in [5.41, 5.74) is 2.06. The number of nitrogens with one attached hydrogen (secondary N) is 1. The molecule has 3 fully saturated rings. The number of alkyl halides is 2. The number of nitrogens with zero attached hydrogens (tertiary/aromatic N) is 2. The summed E-state index contributed by atoms with van der Waals surface area (Å²) in [5, 5.41) is 2.80. The Balaban J connectivity index is 1.30.